The predicted octanol–water partition coefficient (Wildman–Crippen LogP) is 2.87. The lowest BCUT2D eigenvalue weighted by atomic mass is 9.82. The fourth-order valence-electron chi connectivity index (χ4n) is 3.65. The second kappa shape index (κ2) is 6.42. The summed E-state index contributed by atoms with van der Waals surface area (Å²) in [4.78, 5) is 15.1. The predicted molar refractivity (Wildman–Crippen MR) is 97.9 cm³/mol. The Labute approximate surface area is 155 Å². The van der Waals surface area contributed by atoms with Crippen LogP contribution in [0.15, 0.2) is 12.1 Å². The number of ether oxygens (including phenoxy) is 3. The number of carbonyl (C=O) groups excluding carboxylic acids is 1. The van der Waals surface area contributed by atoms with Crippen molar-refractivity contribution in [3.63, 3.8) is 0 Å². The molecular weight excluding hydrogens is 354 g/mol. The maximum Gasteiger partial charge on any atom is 0.208 e. The summed E-state index contributed by atoms with van der Waals surface area (Å²) in [5.74, 6) is 1.73. The molecule has 7 nitrogen and oxygen atoms in total. The Bertz CT molecular complexity index is 843. The third kappa shape index (κ3) is 2.88. The van der Waals surface area contributed by atoms with Crippen LogP contribution in [0.2, 0.25) is 0 Å². The van der Waals surface area contributed by atoms with Gasteiger partial charge in [0.15, 0.2) is 5.78 Å². The van der Waals surface area contributed by atoms with E-state index < -0.39 is 5.60 Å². The zero-order valence-corrected chi connectivity index (χ0v) is 15.9. The first-order chi connectivity index (χ1) is 12.5. The molecule has 26 heavy (non-hydrogen) atoms. The van der Waals surface area contributed by atoms with E-state index in [-0.39, 0.29) is 5.78 Å². The molecule has 3 heterocycles. The van der Waals surface area contributed by atoms with E-state index in [9.17, 15) is 4.79 Å². The average molecular weight is 375 g/mol. The van der Waals surface area contributed by atoms with Crippen LogP contribution in [0.25, 0.3) is 0 Å². The van der Waals surface area contributed by atoms with Crippen LogP contribution >= 0.6 is 11.3 Å². The van der Waals surface area contributed by atoms with Gasteiger partial charge in [-0.05, 0) is 6.92 Å². The fraction of sp³-hybridized carbons (Fsp3) is 0.500. The molecule has 0 saturated carbocycles. The van der Waals surface area contributed by atoms with Crippen molar-refractivity contribution in [2.24, 2.45) is 0 Å². The molecule has 1 aromatic carbocycles. The van der Waals surface area contributed by atoms with E-state index >= 15 is 0 Å². The zero-order chi connectivity index (χ0) is 18.3. The molecule has 0 radical (unpaired) electrons. The van der Waals surface area contributed by atoms with Crippen LogP contribution in [0.1, 0.15) is 34.6 Å². The van der Waals surface area contributed by atoms with Gasteiger partial charge in [-0.1, -0.05) is 11.3 Å². The second-order valence-electron chi connectivity index (χ2n) is 6.68. The third-order valence-electron chi connectivity index (χ3n) is 5.04. The standard InChI is InChI=1S/C18H21N3O4S/c1-11-19-20-17(26-11)21-6-4-18(5-7-21)10-13(22)16-14(24-3)8-12(23-2)9-15(16)25-18/h8-9H,4-7,10H2,1-3H3. The average Bonchev–Trinajstić information content (AvgIpc) is 3.07. The van der Waals surface area contributed by atoms with Gasteiger partial charge in [0.05, 0.1) is 20.6 Å². The SMILES string of the molecule is COc1cc(OC)c2c(c1)OC1(CCN(c3nnc(C)s3)CC1)CC2=O. The number of aromatic nitrogens is 2. The van der Waals surface area contributed by atoms with Gasteiger partial charge in [0.1, 0.15) is 33.4 Å². The molecular formula is C18H21N3O4S. The maximum atomic E-state index is 12.9. The van der Waals surface area contributed by atoms with Crippen molar-refractivity contribution < 1.29 is 19.0 Å². The van der Waals surface area contributed by atoms with E-state index in [2.05, 4.69) is 15.1 Å². The van der Waals surface area contributed by atoms with E-state index in [0.29, 0.717) is 29.2 Å². The van der Waals surface area contributed by atoms with Crippen molar-refractivity contribution >= 4 is 22.3 Å². The Balaban J connectivity index is 1.58. The number of hydrogen-bond acceptors (Lipinski definition) is 8. The minimum absolute atomic E-state index is 0.0611. The molecule has 0 N–H and O–H groups in total. The number of aryl methyl sites for hydroxylation is 1. The summed E-state index contributed by atoms with van der Waals surface area (Å²) in [5, 5.41) is 10.2. The highest BCUT2D eigenvalue weighted by atomic mass is 32.1. The molecule has 1 aromatic heterocycles. The van der Waals surface area contributed by atoms with E-state index in [1.807, 2.05) is 6.92 Å². The van der Waals surface area contributed by atoms with Crippen LogP contribution in [-0.4, -0.2) is 48.9 Å². The van der Waals surface area contributed by atoms with Gasteiger partial charge in [-0.25, -0.2) is 0 Å². The number of methoxy groups -OCH3 is 2. The molecule has 0 bridgehead atoms. The fourth-order valence-corrected chi connectivity index (χ4v) is 4.39. The molecule has 1 saturated heterocycles. The topological polar surface area (TPSA) is 73.8 Å². The highest BCUT2D eigenvalue weighted by molar-refractivity contribution is 7.15. The molecule has 4 rings (SSSR count). The van der Waals surface area contributed by atoms with Gasteiger partial charge in [0.25, 0.3) is 0 Å². The third-order valence-corrected chi connectivity index (χ3v) is 5.94. The van der Waals surface area contributed by atoms with Gasteiger partial charge in [-0.3, -0.25) is 4.79 Å². The normalized spacial score (nSPS) is 18.4. The summed E-state index contributed by atoms with van der Waals surface area (Å²) >= 11 is 1.59. The quantitative estimate of drug-likeness (QED) is 0.817. The number of rotatable bonds is 3. The van der Waals surface area contributed by atoms with Gasteiger partial charge in [-0.2, -0.15) is 0 Å². The van der Waals surface area contributed by atoms with Crippen LogP contribution < -0.4 is 19.1 Å². The Morgan fingerprint density at radius 3 is 2.58 bits per heavy atom. The highest BCUT2D eigenvalue weighted by Gasteiger charge is 2.44. The van der Waals surface area contributed by atoms with Crippen LogP contribution in [-0.2, 0) is 0 Å². The van der Waals surface area contributed by atoms with Crippen LogP contribution in [0, 0.1) is 6.92 Å². The molecule has 2 aromatic rings. The van der Waals surface area contributed by atoms with E-state index in [1.54, 1.807) is 37.7 Å². The monoisotopic (exact) mass is 375 g/mol. The van der Waals surface area contributed by atoms with Gasteiger partial charge >= 0.3 is 0 Å². The summed E-state index contributed by atoms with van der Waals surface area (Å²) in [5.41, 5.74) is 0.0404. The van der Waals surface area contributed by atoms with Crippen molar-refractivity contribution in [1.82, 2.24) is 10.2 Å². The van der Waals surface area contributed by atoms with Crippen molar-refractivity contribution in [3.05, 3.63) is 22.7 Å². The summed E-state index contributed by atoms with van der Waals surface area (Å²) < 4.78 is 17.1. The number of piperidine rings is 1. The number of benzene rings is 1. The minimum Gasteiger partial charge on any atom is -0.496 e. The van der Waals surface area contributed by atoms with Crippen LogP contribution in [0.5, 0.6) is 17.2 Å². The first-order valence-electron chi connectivity index (χ1n) is 8.57. The molecule has 0 unspecified atom stereocenters. The molecule has 0 amide bonds. The number of ketones is 1. The molecule has 0 atom stereocenters. The molecule has 1 spiro atoms. The maximum absolute atomic E-state index is 12.9. The second-order valence-corrected chi connectivity index (χ2v) is 7.84. The molecule has 138 valence electrons. The van der Waals surface area contributed by atoms with Crippen molar-refractivity contribution in [3.8, 4) is 17.2 Å². The summed E-state index contributed by atoms with van der Waals surface area (Å²) in [6, 6.07) is 3.50. The van der Waals surface area contributed by atoms with Crippen molar-refractivity contribution in [1.29, 1.82) is 0 Å². The van der Waals surface area contributed by atoms with E-state index in [4.69, 9.17) is 14.2 Å². The number of nitrogens with zero attached hydrogens (tertiary/aromatic N) is 3. The summed E-state index contributed by atoms with van der Waals surface area (Å²) in [6.45, 7) is 3.53. The van der Waals surface area contributed by atoms with Gasteiger partial charge in [-0.15, -0.1) is 10.2 Å². The Kier molecular flexibility index (Phi) is 4.22. The number of Topliss-reactive ketones (excluding diaryl/α,β-unsaturated/α-hetero) is 1. The first-order valence-corrected chi connectivity index (χ1v) is 9.38. The highest BCUT2D eigenvalue weighted by Crippen LogP contribution is 2.45. The van der Waals surface area contributed by atoms with Crippen molar-refractivity contribution in [2.75, 3.05) is 32.2 Å². The Morgan fingerprint density at radius 2 is 1.96 bits per heavy atom. The van der Waals surface area contributed by atoms with Gasteiger partial charge < -0.3 is 19.1 Å². The van der Waals surface area contributed by atoms with E-state index in [0.717, 1.165) is 36.1 Å². The number of anilines is 1. The molecule has 1 fully saturated rings. The Morgan fingerprint density at radius 1 is 1.19 bits per heavy atom. The smallest absolute Gasteiger partial charge is 0.208 e. The Hall–Kier alpha value is -2.35. The summed E-state index contributed by atoms with van der Waals surface area (Å²) in [7, 11) is 3.14. The minimum atomic E-state index is -0.475. The molecule has 8 heteroatoms. The lowest BCUT2D eigenvalue weighted by molar-refractivity contribution is 0.0225. The first kappa shape index (κ1) is 17.1. The summed E-state index contributed by atoms with van der Waals surface area (Å²) in [6.07, 6.45) is 1.89. The molecule has 2 aliphatic heterocycles. The number of carbonyl (C=O) groups is 1. The van der Waals surface area contributed by atoms with Gasteiger partial charge in [0.2, 0.25) is 5.13 Å². The van der Waals surface area contributed by atoms with Gasteiger partial charge in [0, 0.05) is 38.1 Å². The molecule has 2 aliphatic rings. The lowest BCUT2D eigenvalue weighted by Crippen LogP contribution is -2.51. The number of hydrogen-bond donors (Lipinski definition) is 0. The zero-order valence-electron chi connectivity index (χ0n) is 15.1. The largest absolute Gasteiger partial charge is 0.496 e. The van der Waals surface area contributed by atoms with Crippen molar-refractivity contribution in [2.45, 2.75) is 31.8 Å². The molecule has 0 aliphatic carbocycles. The lowest BCUT2D eigenvalue weighted by Gasteiger charge is -2.44. The van der Waals surface area contributed by atoms with Crippen LogP contribution in [0.4, 0.5) is 5.13 Å². The van der Waals surface area contributed by atoms with E-state index in [1.165, 1.54) is 0 Å². The number of fused-ring (bicyclic) bond motifs is 1. The van der Waals surface area contributed by atoms with Crippen LogP contribution in [0.3, 0.4) is 0 Å².